The Morgan fingerprint density at radius 3 is 0.789 bits per heavy atom. The van der Waals surface area contributed by atoms with Crippen molar-refractivity contribution in [1.82, 2.24) is 0 Å². The number of rotatable bonds is 4. The predicted octanol–water partition coefficient (Wildman–Crippen LogP) is 4.09. The van der Waals surface area contributed by atoms with Gasteiger partial charge in [0.1, 0.15) is 36.6 Å². The van der Waals surface area contributed by atoms with Gasteiger partial charge in [0.25, 0.3) is 0 Å². The molecule has 6 atom stereocenters. The molecule has 2 saturated heterocycles. The quantitative estimate of drug-likeness (QED) is 0.433. The van der Waals surface area contributed by atoms with Crippen molar-refractivity contribution in [2.45, 2.75) is 48.2 Å². The summed E-state index contributed by atoms with van der Waals surface area (Å²) in [4.78, 5) is 0. The molecule has 192 valence electrons. The summed E-state index contributed by atoms with van der Waals surface area (Å²) in [6.45, 7) is 0. The molecule has 38 heavy (non-hydrogen) atoms. The Kier molecular flexibility index (Phi) is 5.70. The van der Waals surface area contributed by atoms with Gasteiger partial charge in [-0.15, -0.1) is 0 Å². The third-order valence-corrected chi connectivity index (χ3v) is 7.82. The van der Waals surface area contributed by atoms with Crippen LogP contribution in [0, 0.1) is 0 Å². The first kappa shape index (κ1) is 23.7. The standard InChI is InChI=1S/C32H28O6/c33-25-27-28(36-31(35-27,21-13-5-1-6-14-21)22-15-7-2-8-16-22)26(34)30-29(25)37-32(38-30,23-17-9-3-10-18-23)24-19-11-4-12-20-24/h1-20,25-30,33-34H/t25-,26-,27-,28-,29-,30+/m0/s1. The minimum absolute atomic E-state index is 0.773. The minimum atomic E-state index is -1.30. The summed E-state index contributed by atoms with van der Waals surface area (Å²) in [6, 6.07) is 38.4. The summed E-state index contributed by atoms with van der Waals surface area (Å²) < 4.78 is 26.5. The molecular formula is C32H28O6. The van der Waals surface area contributed by atoms with E-state index in [1.807, 2.05) is 121 Å². The van der Waals surface area contributed by atoms with Gasteiger partial charge in [0, 0.05) is 22.3 Å². The third kappa shape index (κ3) is 3.50. The zero-order chi connectivity index (χ0) is 25.7. The number of fused-ring (bicyclic) bond motifs is 2. The molecule has 1 aliphatic carbocycles. The second-order valence-corrected chi connectivity index (χ2v) is 10.0. The van der Waals surface area contributed by atoms with Crippen LogP contribution in [0.25, 0.3) is 0 Å². The van der Waals surface area contributed by atoms with Crippen molar-refractivity contribution in [3.05, 3.63) is 144 Å². The molecule has 4 aromatic rings. The number of hydrogen-bond acceptors (Lipinski definition) is 6. The van der Waals surface area contributed by atoms with Gasteiger partial charge in [-0.2, -0.15) is 0 Å². The summed E-state index contributed by atoms with van der Waals surface area (Å²) in [5.74, 6) is -2.59. The summed E-state index contributed by atoms with van der Waals surface area (Å²) in [6.07, 6.45) is -5.63. The first-order chi connectivity index (χ1) is 18.6. The Morgan fingerprint density at radius 2 is 0.579 bits per heavy atom. The molecule has 1 saturated carbocycles. The van der Waals surface area contributed by atoms with Crippen molar-refractivity contribution in [2.24, 2.45) is 0 Å². The highest BCUT2D eigenvalue weighted by Crippen LogP contribution is 2.53. The molecule has 7 rings (SSSR count). The van der Waals surface area contributed by atoms with Gasteiger partial charge in [0.2, 0.25) is 11.6 Å². The van der Waals surface area contributed by atoms with Crippen LogP contribution < -0.4 is 0 Å². The fourth-order valence-corrected chi connectivity index (χ4v) is 6.03. The van der Waals surface area contributed by atoms with E-state index in [2.05, 4.69) is 0 Å². The molecule has 0 bridgehead atoms. The lowest BCUT2D eigenvalue weighted by Gasteiger charge is -2.38. The largest absolute Gasteiger partial charge is 0.387 e. The summed E-state index contributed by atoms with van der Waals surface area (Å²) in [5.41, 5.74) is 3.09. The number of ether oxygens (including phenoxy) is 4. The Labute approximate surface area is 221 Å². The Hall–Kier alpha value is -3.36. The van der Waals surface area contributed by atoms with E-state index in [0.29, 0.717) is 0 Å². The van der Waals surface area contributed by atoms with Crippen molar-refractivity contribution in [3.8, 4) is 0 Å². The van der Waals surface area contributed by atoms with Crippen LogP contribution >= 0.6 is 0 Å². The maximum Gasteiger partial charge on any atom is 0.223 e. The molecule has 2 aliphatic heterocycles. The number of benzene rings is 4. The third-order valence-electron chi connectivity index (χ3n) is 7.82. The molecule has 0 spiro atoms. The molecule has 4 aromatic carbocycles. The van der Waals surface area contributed by atoms with E-state index in [0.717, 1.165) is 22.3 Å². The molecule has 0 aromatic heterocycles. The monoisotopic (exact) mass is 508 g/mol. The van der Waals surface area contributed by atoms with Crippen molar-refractivity contribution >= 4 is 0 Å². The van der Waals surface area contributed by atoms with Crippen LogP contribution in [0.5, 0.6) is 0 Å². The highest BCUT2D eigenvalue weighted by molar-refractivity contribution is 5.38. The number of hydrogen-bond donors (Lipinski definition) is 2. The lowest BCUT2D eigenvalue weighted by molar-refractivity contribution is -0.187. The van der Waals surface area contributed by atoms with E-state index in [1.165, 1.54) is 0 Å². The molecule has 2 N–H and O–H groups in total. The summed E-state index contributed by atoms with van der Waals surface area (Å²) in [7, 11) is 0. The van der Waals surface area contributed by atoms with E-state index in [1.54, 1.807) is 0 Å². The van der Waals surface area contributed by atoms with Crippen LogP contribution in [-0.2, 0) is 30.5 Å². The second-order valence-electron chi connectivity index (χ2n) is 10.0. The maximum absolute atomic E-state index is 11.7. The van der Waals surface area contributed by atoms with E-state index in [9.17, 15) is 10.2 Å². The average molecular weight is 509 g/mol. The van der Waals surface area contributed by atoms with Crippen molar-refractivity contribution < 1.29 is 29.2 Å². The van der Waals surface area contributed by atoms with Crippen LogP contribution in [0.3, 0.4) is 0 Å². The molecule has 0 amide bonds. The molecular weight excluding hydrogens is 480 g/mol. The molecule has 6 heteroatoms. The van der Waals surface area contributed by atoms with Gasteiger partial charge >= 0.3 is 0 Å². The minimum Gasteiger partial charge on any atom is -0.387 e. The van der Waals surface area contributed by atoms with Crippen LogP contribution in [-0.4, -0.2) is 46.8 Å². The van der Waals surface area contributed by atoms with Crippen molar-refractivity contribution in [1.29, 1.82) is 0 Å². The first-order valence-corrected chi connectivity index (χ1v) is 12.9. The number of aliphatic hydroxyl groups excluding tert-OH is 2. The van der Waals surface area contributed by atoms with Gasteiger partial charge in [-0.25, -0.2) is 0 Å². The summed E-state index contributed by atoms with van der Waals surface area (Å²) in [5, 5.41) is 23.4. The van der Waals surface area contributed by atoms with Crippen LogP contribution in [0.2, 0.25) is 0 Å². The van der Waals surface area contributed by atoms with Gasteiger partial charge in [-0.05, 0) is 0 Å². The Morgan fingerprint density at radius 1 is 0.368 bits per heavy atom. The van der Waals surface area contributed by atoms with E-state index < -0.39 is 48.2 Å². The fourth-order valence-electron chi connectivity index (χ4n) is 6.03. The van der Waals surface area contributed by atoms with Crippen LogP contribution in [0.1, 0.15) is 22.3 Å². The van der Waals surface area contributed by atoms with Gasteiger partial charge < -0.3 is 29.2 Å². The normalized spacial score (nSPS) is 30.9. The van der Waals surface area contributed by atoms with E-state index in [4.69, 9.17) is 18.9 Å². The SMILES string of the molecule is O[C@@H]1[C@H]2OC(c3ccccc3)(c3ccccc3)O[C@H]2[C@@H](O)[C@@H]2OC(c3ccccc3)(c3ccccc3)O[C@@H]12. The van der Waals surface area contributed by atoms with Gasteiger partial charge in [0.05, 0.1) is 0 Å². The topological polar surface area (TPSA) is 77.4 Å². The molecule has 0 radical (unpaired) electrons. The lowest BCUT2D eigenvalue weighted by Crippen LogP contribution is -2.61. The van der Waals surface area contributed by atoms with E-state index >= 15 is 0 Å². The highest BCUT2D eigenvalue weighted by Gasteiger charge is 2.66. The predicted molar refractivity (Wildman–Crippen MR) is 139 cm³/mol. The van der Waals surface area contributed by atoms with Crippen molar-refractivity contribution in [3.63, 3.8) is 0 Å². The van der Waals surface area contributed by atoms with Gasteiger partial charge in [-0.1, -0.05) is 121 Å². The van der Waals surface area contributed by atoms with Crippen LogP contribution in [0.15, 0.2) is 121 Å². The maximum atomic E-state index is 11.7. The molecule has 3 aliphatic rings. The Bertz CT molecular complexity index is 1160. The summed E-state index contributed by atoms with van der Waals surface area (Å²) >= 11 is 0. The average Bonchev–Trinajstić information content (AvgIpc) is 3.61. The molecule has 6 nitrogen and oxygen atoms in total. The van der Waals surface area contributed by atoms with Gasteiger partial charge in [0.15, 0.2) is 0 Å². The smallest absolute Gasteiger partial charge is 0.223 e. The fraction of sp³-hybridized carbons (Fsp3) is 0.250. The van der Waals surface area contributed by atoms with E-state index in [-0.39, 0.29) is 0 Å². The molecule has 2 heterocycles. The molecule has 0 unspecified atom stereocenters. The van der Waals surface area contributed by atoms with Crippen LogP contribution in [0.4, 0.5) is 0 Å². The second kappa shape index (κ2) is 9.13. The first-order valence-electron chi connectivity index (χ1n) is 12.9. The van der Waals surface area contributed by atoms with Gasteiger partial charge in [-0.3, -0.25) is 0 Å². The Balaban J connectivity index is 1.29. The zero-order valence-corrected chi connectivity index (χ0v) is 20.5. The number of aliphatic hydroxyl groups is 2. The zero-order valence-electron chi connectivity index (χ0n) is 20.5. The van der Waals surface area contributed by atoms with Crippen molar-refractivity contribution in [2.75, 3.05) is 0 Å². The lowest BCUT2D eigenvalue weighted by atomic mass is 9.85. The highest BCUT2D eigenvalue weighted by atomic mass is 16.8. The molecule has 3 fully saturated rings.